The summed E-state index contributed by atoms with van der Waals surface area (Å²) < 4.78 is 0. The lowest BCUT2D eigenvalue weighted by molar-refractivity contribution is 0.745. The molecular weight excluding hydrogens is 294 g/mol. The van der Waals surface area contributed by atoms with E-state index in [0.717, 1.165) is 17.5 Å². The molecule has 0 aliphatic rings. The van der Waals surface area contributed by atoms with Crippen LogP contribution < -0.4 is 9.80 Å². The second kappa shape index (κ2) is 6.31. The molecule has 0 spiro atoms. The van der Waals surface area contributed by atoms with Crippen LogP contribution in [0.1, 0.15) is 31.7 Å². The van der Waals surface area contributed by atoms with Crippen molar-refractivity contribution in [2.45, 2.75) is 26.2 Å². The van der Waals surface area contributed by atoms with E-state index < -0.39 is 0 Å². The molecule has 0 saturated heterocycles. The van der Waals surface area contributed by atoms with Gasteiger partial charge < -0.3 is 9.80 Å². The molecule has 126 valence electrons. The lowest BCUT2D eigenvalue weighted by Gasteiger charge is -2.20. The summed E-state index contributed by atoms with van der Waals surface area (Å²) in [4.78, 5) is 9.25. The van der Waals surface area contributed by atoms with E-state index in [9.17, 15) is 0 Å². The molecule has 0 bridgehead atoms. The second-order valence-electron chi connectivity index (χ2n) is 7.03. The zero-order valence-corrected chi connectivity index (χ0v) is 15.6. The van der Waals surface area contributed by atoms with Gasteiger partial charge in [0.1, 0.15) is 0 Å². The van der Waals surface area contributed by atoms with Crippen molar-refractivity contribution in [2.24, 2.45) is 0 Å². The SMILES string of the molecule is CCC(C)c1c2ccc(N(C)C)cc2nc2cc(N(C)C)ccc12. The summed E-state index contributed by atoms with van der Waals surface area (Å²) in [6.07, 6.45) is 1.12. The topological polar surface area (TPSA) is 19.4 Å². The molecular formula is C21H27N3. The lowest BCUT2D eigenvalue weighted by atomic mass is 9.90. The Morgan fingerprint density at radius 3 is 1.67 bits per heavy atom. The highest BCUT2D eigenvalue weighted by atomic mass is 15.1. The molecule has 1 aromatic heterocycles. The van der Waals surface area contributed by atoms with Gasteiger partial charge in [-0.15, -0.1) is 0 Å². The third kappa shape index (κ3) is 2.79. The minimum Gasteiger partial charge on any atom is -0.378 e. The molecule has 1 unspecified atom stereocenters. The zero-order chi connectivity index (χ0) is 17.4. The third-order valence-corrected chi connectivity index (χ3v) is 4.92. The van der Waals surface area contributed by atoms with Crippen molar-refractivity contribution in [1.29, 1.82) is 0 Å². The van der Waals surface area contributed by atoms with E-state index >= 15 is 0 Å². The van der Waals surface area contributed by atoms with Gasteiger partial charge >= 0.3 is 0 Å². The fourth-order valence-corrected chi connectivity index (χ4v) is 3.25. The van der Waals surface area contributed by atoms with Gasteiger partial charge in [-0.2, -0.15) is 0 Å². The maximum atomic E-state index is 4.99. The van der Waals surface area contributed by atoms with E-state index in [-0.39, 0.29) is 0 Å². The largest absolute Gasteiger partial charge is 0.378 e. The van der Waals surface area contributed by atoms with E-state index in [1.807, 2.05) is 0 Å². The van der Waals surface area contributed by atoms with E-state index in [4.69, 9.17) is 4.98 Å². The number of pyridine rings is 1. The smallest absolute Gasteiger partial charge is 0.0733 e. The molecule has 3 rings (SSSR count). The van der Waals surface area contributed by atoms with Crippen LogP contribution in [0.25, 0.3) is 21.8 Å². The van der Waals surface area contributed by atoms with Crippen LogP contribution in [0.2, 0.25) is 0 Å². The monoisotopic (exact) mass is 321 g/mol. The molecule has 3 heteroatoms. The molecule has 3 nitrogen and oxygen atoms in total. The Labute approximate surface area is 144 Å². The highest BCUT2D eigenvalue weighted by Gasteiger charge is 2.15. The van der Waals surface area contributed by atoms with E-state index in [1.54, 1.807) is 0 Å². The molecule has 24 heavy (non-hydrogen) atoms. The Kier molecular flexibility index (Phi) is 4.35. The van der Waals surface area contributed by atoms with Gasteiger partial charge in [0.2, 0.25) is 0 Å². The highest BCUT2D eigenvalue weighted by molar-refractivity contribution is 6.00. The molecule has 1 heterocycles. The Hall–Kier alpha value is -2.29. The average Bonchev–Trinajstić information content (AvgIpc) is 2.57. The molecule has 0 amide bonds. The highest BCUT2D eigenvalue weighted by Crippen LogP contribution is 2.35. The Balaban J connectivity index is 2.38. The number of hydrogen-bond acceptors (Lipinski definition) is 3. The van der Waals surface area contributed by atoms with Gasteiger partial charge in [-0.05, 0) is 42.2 Å². The molecule has 0 aliphatic heterocycles. The fourth-order valence-electron chi connectivity index (χ4n) is 3.25. The first-order valence-electron chi connectivity index (χ1n) is 8.64. The van der Waals surface area contributed by atoms with Gasteiger partial charge in [-0.3, -0.25) is 0 Å². The summed E-state index contributed by atoms with van der Waals surface area (Å²) in [7, 11) is 8.29. The van der Waals surface area contributed by atoms with Crippen LogP contribution in [0.5, 0.6) is 0 Å². The Bertz CT molecular complexity index is 815. The van der Waals surface area contributed by atoms with E-state index in [1.165, 1.54) is 27.7 Å². The number of nitrogens with zero attached hydrogens (tertiary/aromatic N) is 3. The number of aromatic nitrogens is 1. The normalized spacial score (nSPS) is 12.6. The van der Waals surface area contributed by atoms with Crippen molar-refractivity contribution < 1.29 is 0 Å². The molecule has 0 radical (unpaired) electrons. The first-order valence-corrected chi connectivity index (χ1v) is 8.64. The van der Waals surface area contributed by atoms with Crippen LogP contribution in [-0.4, -0.2) is 33.2 Å². The average molecular weight is 321 g/mol. The van der Waals surface area contributed by atoms with Crippen molar-refractivity contribution >= 4 is 33.2 Å². The standard InChI is InChI=1S/C21H27N3/c1-7-14(2)21-17-10-8-15(23(3)4)12-19(17)22-20-13-16(24(5)6)9-11-18(20)21/h8-14H,7H2,1-6H3. The van der Waals surface area contributed by atoms with Crippen LogP contribution in [0.3, 0.4) is 0 Å². The van der Waals surface area contributed by atoms with Gasteiger partial charge in [0, 0.05) is 50.3 Å². The predicted octanol–water partition coefficient (Wildman–Crippen LogP) is 5.03. The van der Waals surface area contributed by atoms with Crippen LogP contribution in [0.4, 0.5) is 11.4 Å². The summed E-state index contributed by atoms with van der Waals surface area (Å²) in [6.45, 7) is 4.57. The molecule has 3 aromatic rings. The summed E-state index contributed by atoms with van der Waals surface area (Å²) in [5, 5.41) is 2.56. The molecule has 0 N–H and O–H groups in total. The van der Waals surface area contributed by atoms with Gasteiger partial charge in [0.15, 0.2) is 0 Å². The molecule has 1 atom stereocenters. The van der Waals surface area contributed by atoms with E-state index in [2.05, 4.69) is 88.2 Å². The maximum absolute atomic E-state index is 4.99. The summed E-state index contributed by atoms with van der Waals surface area (Å²) >= 11 is 0. The van der Waals surface area contributed by atoms with E-state index in [0.29, 0.717) is 5.92 Å². The maximum Gasteiger partial charge on any atom is 0.0733 e. The van der Waals surface area contributed by atoms with Crippen molar-refractivity contribution in [3.63, 3.8) is 0 Å². The van der Waals surface area contributed by atoms with Crippen molar-refractivity contribution in [2.75, 3.05) is 38.0 Å². The number of benzene rings is 2. The van der Waals surface area contributed by atoms with Crippen LogP contribution >= 0.6 is 0 Å². The minimum absolute atomic E-state index is 0.508. The summed E-state index contributed by atoms with van der Waals surface area (Å²) in [5.74, 6) is 0.508. The van der Waals surface area contributed by atoms with Crippen LogP contribution in [0.15, 0.2) is 36.4 Å². The first kappa shape index (κ1) is 16.6. The van der Waals surface area contributed by atoms with Gasteiger partial charge in [0.05, 0.1) is 11.0 Å². The Morgan fingerprint density at radius 1 is 0.833 bits per heavy atom. The number of anilines is 2. The summed E-state index contributed by atoms with van der Waals surface area (Å²) in [5.41, 5.74) is 5.97. The summed E-state index contributed by atoms with van der Waals surface area (Å²) in [6, 6.07) is 13.2. The minimum atomic E-state index is 0.508. The van der Waals surface area contributed by atoms with Crippen LogP contribution in [0, 0.1) is 0 Å². The van der Waals surface area contributed by atoms with Crippen LogP contribution in [-0.2, 0) is 0 Å². The third-order valence-electron chi connectivity index (χ3n) is 4.92. The van der Waals surface area contributed by atoms with Crippen molar-refractivity contribution in [1.82, 2.24) is 4.98 Å². The fraction of sp³-hybridized carbons (Fsp3) is 0.381. The molecule has 0 aliphatic carbocycles. The quantitative estimate of drug-likeness (QED) is 0.628. The molecule has 0 fully saturated rings. The Morgan fingerprint density at radius 2 is 1.29 bits per heavy atom. The molecule has 2 aromatic carbocycles. The van der Waals surface area contributed by atoms with Gasteiger partial charge in [0.25, 0.3) is 0 Å². The van der Waals surface area contributed by atoms with Crippen molar-refractivity contribution in [3.05, 3.63) is 42.0 Å². The van der Waals surface area contributed by atoms with Crippen molar-refractivity contribution in [3.8, 4) is 0 Å². The number of hydrogen-bond donors (Lipinski definition) is 0. The van der Waals surface area contributed by atoms with Gasteiger partial charge in [-0.25, -0.2) is 4.98 Å². The number of fused-ring (bicyclic) bond motifs is 2. The molecule has 0 saturated carbocycles. The second-order valence-corrected chi connectivity index (χ2v) is 7.03. The zero-order valence-electron chi connectivity index (χ0n) is 15.6. The lowest BCUT2D eigenvalue weighted by Crippen LogP contribution is -2.09. The number of rotatable bonds is 4. The van der Waals surface area contributed by atoms with Gasteiger partial charge in [-0.1, -0.05) is 26.0 Å². The predicted molar refractivity (Wildman–Crippen MR) is 107 cm³/mol. The first-order chi connectivity index (χ1) is 11.4.